The van der Waals surface area contributed by atoms with Crippen molar-refractivity contribution >= 4 is 29.3 Å². The second-order valence-electron chi connectivity index (χ2n) is 5.18. The van der Waals surface area contributed by atoms with Crippen molar-refractivity contribution < 1.29 is 22.8 Å². The number of carbonyl (C=O) groups excluding carboxylic acids is 2. The number of carbonyl (C=O) groups is 2. The maximum absolute atomic E-state index is 12.7. The minimum absolute atomic E-state index is 0.0000299. The summed E-state index contributed by atoms with van der Waals surface area (Å²) in [5, 5.41) is 2.52. The van der Waals surface area contributed by atoms with E-state index in [0.717, 1.165) is 17.8 Å². The largest absolute Gasteiger partial charge is 0.417 e. The quantitative estimate of drug-likeness (QED) is 0.745. The average molecular weight is 385 g/mol. The maximum atomic E-state index is 12.7. The van der Waals surface area contributed by atoms with Gasteiger partial charge in [-0.15, -0.1) is 11.8 Å². The third kappa shape index (κ3) is 5.38. The zero-order valence-corrected chi connectivity index (χ0v) is 14.1. The molecule has 0 radical (unpaired) electrons. The van der Waals surface area contributed by atoms with Gasteiger partial charge >= 0.3 is 6.18 Å². The van der Waals surface area contributed by atoms with E-state index >= 15 is 0 Å². The molecule has 26 heavy (non-hydrogen) atoms. The molecule has 0 saturated heterocycles. The number of thioether (sulfide) groups is 1. The molecular formula is C16H14F3N3O3S. The Morgan fingerprint density at radius 1 is 1.15 bits per heavy atom. The van der Waals surface area contributed by atoms with Crippen molar-refractivity contribution in [3.63, 3.8) is 0 Å². The molecule has 6 nitrogen and oxygen atoms in total. The molecular weight excluding hydrogens is 371 g/mol. The SMILES string of the molecule is NC(=O)CSc1ccccc1NC(=O)Cn1cc(C(F)(F)F)ccc1=O. The van der Waals surface area contributed by atoms with Crippen LogP contribution in [0.5, 0.6) is 0 Å². The van der Waals surface area contributed by atoms with E-state index in [9.17, 15) is 27.6 Å². The first-order chi connectivity index (χ1) is 12.2. The summed E-state index contributed by atoms with van der Waals surface area (Å²) in [6.45, 7) is -0.586. The van der Waals surface area contributed by atoms with Gasteiger partial charge in [-0.05, 0) is 18.2 Å². The first-order valence-corrected chi connectivity index (χ1v) is 8.23. The molecule has 0 fully saturated rings. The smallest absolute Gasteiger partial charge is 0.369 e. The van der Waals surface area contributed by atoms with Crippen molar-refractivity contribution in [2.24, 2.45) is 5.73 Å². The maximum Gasteiger partial charge on any atom is 0.417 e. The summed E-state index contributed by atoms with van der Waals surface area (Å²) in [5.41, 5.74) is 3.69. The fourth-order valence-electron chi connectivity index (χ4n) is 2.01. The minimum atomic E-state index is -4.62. The first kappa shape index (κ1) is 19.6. The van der Waals surface area contributed by atoms with E-state index in [-0.39, 0.29) is 5.75 Å². The lowest BCUT2D eigenvalue weighted by molar-refractivity contribution is -0.138. The Kier molecular flexibility index (Phi) is 6.09. The van der Waals surface area contributed by atoms with Crippen LogP contribution >= 0.6 is 11.8 Å². The molecule has 138 valence electrons. The molecule has 1 aromatic carbocycles. The fourth-order valence-corrected chi connectivity index (χ4v) is 2.76. The summed E-state index contributed by atoms with van der Waals surface area (Å²) in [4.78, 5) is 35.3. The van der Waals surface area contributed by atoms with Gasteiger partial charge in [-0.1, -0.05) is 12.1 Å². The van der Waals surface area contributed by atoms with Crippen LogP contribution in [0.3, 0.4) is 0 Å². The summed E-state index contributed by atoms with van der Waals surface area (Å²) < 4.78 is 38.9. The molecule has 0 unspecified atom stereocenters. The van der Waals surface area contributed by atoms with Crippen LogP contribution in [0.1, 0.15) is 5.56 Å². The number of benzene rings is 1. The van der Waals surface area contributed by atoms with Crippen LogP contribution in [-0.4, -0.2) is 22.1 Å². The molecule has 0 aliphatic rings. The third-order valence-electron chi connectivity index (χ3n) is 3.16. The summed E-state index contributed by atoms with van der Waals surface area (Å²) in [6, 6.07) is 7.96. The topological polar surface area (TPSA) is 94.2 Å². The summed E-state index contributed by atoms with van der Waals surface area (Å²) in [7, 11) is 0. The van der Waals surface area contributed by atoms with Gasteiger partial charge < -0.3 is 15.6 Å². The Hall–Kier alpha value is -2.75. The van der Waals surface area contributed by atoms with Crippen molar-refractivity contribution in [2.45, 2.75) is 17.6 Å². The van der Waals surface area contributed by atoms with E-state index in [1.165, 1.54) is 0 Å². The first-order valence-electron chi connectivity index (χ1n) is 7.24. The van der Waals surface area contributed by atoms with Crippen LogP contribution in [0.15, 0.2) is 52.3 Å². The van der Waals surface area contributed by atoms with Gasteiger partial charge in [0, 0.05) is 17.2 Å². The predicted octanol–water partition coefficient (Wildman–Crippen LogP) is 2.08. The van der Waals surface area contributed by atoms with Gasteiger partial charge in [-0.2, -0.15) is 13.2 Å². The van der Waals surface area contributed by atoms with E-state index in [1.54, 1.807) is 24.3 Å². The fraction of sp³-hybridized carbons (Fsp3) is 0.188. The molecule has 2 rings (SSSR count). The van der Waals surface area contributed by atoms with Gasteiger partial charge in [0.15, 0.2) is 0 Å². The third-order valence-corrected chi connectivity index (χ3v) is 4.25. The zero-order valence-electron chi connectivity index (χ0n) is 13.2. The number of nitrogens with zero attached hydrogens (tertiary/aromatic N) is 1. The second kappa shape index (κ2) is 8.09. The summed E-state index contributed by atoms with van der Waals surface area (Å²) in [5.74, 6) is -1.22. The van der Waals surface area contributed by atoms with Crippen LogP contribution in [0.2, 0.25) is 0 Å². The minimum Gasteiger partial charge on any atom is -0.369 e. The molecule has 2 aromatic rings. The number of pyridine rings is 1. The molecule has 0 saturated carbocycles. The van der Waals surface area contributed by atoms with Gasteiger partial charge in [0.1, 0.15) is 6.54 Å². The van der Waals surface area contributed by atoms with E-state index < -0.39 is 35.7 Å². The average Bonchev–Trinajstić information content (AvgIpc) is 2.55. The van der Waals surface area contributed by atoms with Crippen molar-refractivity contribution in [2.75, 3.05) is 11.1 Å². The number of nitrogens with two attached hydrogens (primary N) is 1. The summed E-state index contributed by atoms with van der Waals surface area (Å²) in [6.07, 6.45) is -4.03. The van der Waals surface area contributed by atoms with E-state index in [4.69, 9.17) is 5.73 Å². The highest BCUT2D eigenvalue weighted by Gasteiger charge is 2.31. The Labute approximate surface area is 150 Å². The number of alkyl halides is 3. The monoisotopic (exact) mass is 385 g/mol. The zero-order chi connectivity index (χ0) is 19.3. The van der Waals surface area contributed by atoms with Crippen LogP contribution in [-0.2, 0) is 22.3 Å². The lowest BCUT2D eigenvalue weighted by atomic mass is 10.2. The number of aromatic nitrogens is 1. The summed E-state index contributed by atoms with van der Waals surface area (Å²) >= 11 is 1.11. The Morgan fingerprint density at radius 3 is 2.50 bits per heavy atom. The lowest BCUT2D eigenvalue weighted by Gasteiger charge is -2.12. The number of para-hydroxylation sites is 1. The molecule has 0 bridgehead atoms. The normalized spacial score (nSPS) is 11.2. The molecule has 3 N–H and O–H groups in total. The van der Waals surface area contributed by atoms with Crippen molar-refractivity contribution in [1.82, 2.24) is 4.57 Å². The molecule has 2 amide bonds. The van der Waals surface area contributed by atoms with Gasteiger partial charge in [0.2, 0.25) is 11.8 Å². The van der Waals surface area contributed by atoms with Gasteiger partial charge in [-0.3, -0.25) is 14.4 Å². The number of anilines is 1. The molecule has 0 aliphatic carbocycles. The van der Waals surface area contributed by atoms with Crippen molar-refractivity contribution in [1.29, 1.82) is 0 Å². The molecule has 0 atom stereocenters. The van der Waals surface area contributed by atoms with Crippen molar-refractivity contribution in [3.8, 4) is 0 Å². The van der Waals surface area contributed by atoms with Gasteiger partial charge in [-0.25, -0.2) is 0 Å². The molecule has 1 aromatic heterocycles. The number of rotatable bonds is 6. The van der Waals surface area contributed by atoms with E-state index in [0.29, 0.717) is 27.4 Å². The molecule has 10 heteroatoms. The lowest BCUT2D eigenvalue weighted by Crippen LogP contribution is -2.28. The predicted molar refractivity (Wildman–Crippen MR) is 90.7 cm³/mol. The second-order valence-corrected chi connectivity index (χ2v) is 6.20. The highest BCUT2D eigenvalue weighted by molar-refractivity contribution is 8.00. The van der Waals surface area contributed by atoms with E-state index in [2.05, 4.69) is 5.32 Å². The Balaban J connectivity index is 2.15. The number of primary amides is 1. The number of hydrogen-bond acceptors (Lipinski definition) is 4. The molecule has 0 spiro atoms. The van der Waals surface area contributed by atoms with Crippen LogP contribution in [0.4, 0.5) is 18.9 Å². The van der Waals surface area contributed by atoms with E-state index in [1.807, 2.05) is 0 Å². The Bertz CT molecular complexity index is 881. The van der Waals surface area contributed by atoms with Crippen LogP contribution in [0, 0.1) is 0 Å². The number of amides is 2. The van der Waals surface area contributed by atoms with Crippen LogP contribution in [0.25, 0.3) is 0 Å². The van der Waals surface area contributed by atoms with Gasteiger partial charge in [0.05, 0.1) is 17.0 Å². The highest BCUT2D eigenvalue weighted by atomic mass is 32.2. The molecule has 0 aliphatic heterocycles. The van der Waals surface area contributed by atoms with Crippen LogP contribution < -0.4 is 16.6 Å². The number of nitrogens with one attached hydrogen (secondary N) is 1. The van der Waals surface area contributed by atoms with Crippen molar-refractivity contribution in [3.05, 3.63) is 58.5 Å². The Morgan fingerprint density at radius 2 is 1.85 bits per heavy atom. The standard InChI is InChI=1S/C16H14F3N3O3S/c17-16(18,19)10-5-6-15(25)22(7-10)8-14(24)21-11-3-1-2-4-12(11)26-9-13(20)23/h1-7H,8-9H2,(H2,20,23)(H,21,24). The number of halogens is 3. The number of hydrogen-bond donors (Lipinski definition) is 2. The van der Waals surface area contributed by atoms with Gasteiger partial charge in [0.25, 0.3) is 5.56 Å². The highest BCUT2D eigenvalue weighted by Crippen LogP contribution is 2.28. The molecule has 1 heterocycles.